The molecule has 2 aliphatic rings. The van der Waals surface area contributed by atoms with Crippen LogP contribution in [-0.4, -0.2) is 29.8 Å². The molecular weight excluding hydrogens is 405 g/mol. The predicted molar refractivity (Wildman–Crippen MR) is 112 cm³/mol. The highest BCUT2D eigenvalue weighted by Crippen LogP contribution is 2.37. The largest absolute Gasteiger partial charge is 0.416 e. The van der Waals surface area contributed by atoms with Gasteiger partial charge in [0.1, 0.15) is 5.70 Å². The number of imide groups is 1. The molecule has 4 rings (SSSR count). The van der Waals surface area contributed by atoms with E-state index in [0.717, 1.165) is 35.4 Å². The van der Waals surface area contributed by atoms with E-state index >= 15 is 0 Å². The summed E-state index contributed by atoms with van der Waals surface area (Å²) in [5, 5.41) is 0. The van der Waals surface area contributed by atoms with Gasteiger partial charge in [-0.25, -0.2) is 4.90 Å². The highest BCUT2D eigenvalue weighted by molar-refractivity contribution is 6.45. The Bertz CT molecular complexity index is 1030. The van der Waals surface area contributed by atoms with Gasteiger partial charge in [0, 0.05) is 13.1 Å². The van der Waals surface area contributed by atoms with Gasteiger partial charge < -0.3 is 4.90 Å². The molecule has 0 spiro atoms. The predicted octanol–water partition coefficient (Wildman–Crippen LogP) is 5.03. The molecular formula is C24H23F3N2O2. The molecule has 2 aromatic rings. The van der Waals surface area contributed by atoms with Gasteiger partial charge in [0.05, 0.1) is 16.8 Å². The SMILES string of the molecule is Cc1ccc(C2=C(N3CCC(C)CC3)C(=O)N(c3ccc(C(F)(F)F)cc3)C2=O)cc1. The highest BCUT2D eigenvalue weighted by Gasteiger charge is 2.43. The van der Waals surface area contributed by atoms with Gasteiger partial charge in [-0.1, -0.05) is 36.8 Å². The van der Waals surface area contributed by atoms with Crippen molar-refractivity contribution in [2.45, 2.75) is 32.9 Å². The van der Waals surface area contributed by atoms with Gasteiger partial charge in [-0.3, -0.25) is 9.59 Å². The summed E-state index contributed by atoms with van der Waals surface area (Å²) in [5.74, 6) is -0.463. The summed E-state index contributed by atoms with van der Waals surface area (Å²) in [6.07, 6.45) is -2.67. The van der Waals surface area contributed by atoms with Gasteiger partial charge in [-0.15, -0.1) is 0 Å². The lowest BCUT2D eigenvalue weighted by Crippen LogP contribution is -2.38. The smallest absolute Gasteiger partial charge is 0.366 e. The highest BCUT2D eigenvalue weighted by atomic mass is 19.4. The minimum atomic E-state index is -4.49. The van der Waals surface area contributed by atoms with Gasteiger partial charge in [0.2, 0.25) is 0 Å². The Kier molecular flexibility index (Phi) is 5.37. The van der Waals surface area contributed by atoms with E-state index in [4.69, 9.17) is 0 Å². The van der Waals surface area contributed by atoms with E-state index in [1.165, 1.54) is 12.1 Å². The van der Waals surface area contributed by atoms with Crippen LogP contribution in [0.2, 0.25) is 0 Å². The van der Waals surface area contributed by atoms with Crippen molar-refractivity contribution in [1.82, 2.24) is 4.90 Å². The zero-order chi connectivity index (χ0) is 22.3. The van der Waals surface area contributed by atoms with Crippen LogP contribution in [0.15, 0.2) is 54.2 Å². The molecule has 1 fully saturated rings. The van der Waals surface area contributed by atoms with E-state index in [0.29, 0.717) is 35.8 Å². The molecule has 0 aliphatic carbocycles. The third-order valence-electron chi connectivity index (χ3n) is 5.95. The molecule has 2 heterocycles. The summed E-state index contributed by atoms with van der Waals surface area (Å²) < 4.78 is 38.8. The maximum absolute atomic E-state index is 13.4. The van der Waals surface area contributed by atoms with Gasteiger partial charge >= 0.3 is 6.18 Å². The maximum atomic E-state index is 13.4. The second kappa shape index (κ2) is 7.87. The van der Waals surface area contributed by atoms with Crippen LogP contribution in [0.5, 0.6) is 0 Å². The number of hydrogen-bond acceptors (Lipinski definition) is 3. The summed E-state index contributed by atoms with van der Waals surface area (Å²) in [4.78, 5) is 29.7. The summed E-state index contributed by atoms with van der Waals surface area (Å²) in [6.45, 7) is 5.40. The molecule has 2 aliphatic heterocycles. The summed E-state index contributed by atoms with van der Waals surface area (Å²) in [7, 11) is 0. The van der Waals surface area contributed by atoms with Crippen LogP contribution in [0, 0.1) is 12.8 Å². The maximum Gasteiger partial charge on any atom is 0.416 e. The molecule has 31 heavy (non-hydrogen) atoms. The zero-order valence-electron chi connectivity index (χ0n) is 17.4. The third-order valence-corrected chi connectivity index (χ3v) is 5.95. The van der Waals surface area contributed by atoms with Crippen LogP contribution in [0.25, 0.3) is 5.57 Å². The van der Waals surface area contributed by atoms with E-state index in [-0.39, 0.29) is 5.69 Å². The number of aryl methyl sites for hydroxylation is 1. The zero-order valence-corrected chi connectivity index (χ0v) is 17.4. The number of hydrogen-bond donors (Lipinski definition) is 0. The number of nitrogens with zero attached hydrogens (tertiary/aromatic N) is 2. The van der Waals surface area contributed by atoms with Crippen molar-refractivity contribution in [1.29, 1.82) is 0 Å². The first-order valence-corrected chi connectivity index (χ1v) is 10.3. The van der Waals surface area contributed by atoms with E-state index < -0.39 is 23.6 Å². The molecule has 2 amide bonds. The van der Waals surface area contributed by atoms with Crippen molar-refractivity contribution < 1.29 is 22.8 Å². The van der Waals surface area contributed by atoms with Crippen molar-refractivity contribution >= 4 is 23.1 Å². The monoisotopic (exact) mass is 428 g/mol. The fourth-order valence-electron chi connectivity index (χ4n) is 4.06. The van der Waals surface area contributed by atoms with Crippen molar-refractivity contribution in [3.8, 4) is 0 Å². The average molecular weight is 428 g/mol. The topological polar surface area (TPSA) is 40.6 Å². The van der Waals surface area contributed by atoms with Gasteiger partial charge in [-0.2, -0.15) is 13.2 Å². The first kappa shape index (κ1) is 21.2. The van der Waals surface area contributed by atoms with E-state index in [1.54, 1.807) is 12.1 Å². The number of carbonyl (C=O) groups excluding carboxylic acids is 2. The fourth-order valence-corrected chi connectivity index (χ4v) is 4.06. The molecule has 0 bridgehead atoms. The third kappa shape index (κ3) is 3.96. The molecule has 0 unspecified atom stereocenters. The van der Waals surface area contributed by atoms with Crippen molar-refractivity contribution in [2.75, 3.05) is 18.0 Å². The number of likely N-dealkylation sites (tertiary alicyclic amines) is 1. The molecule has 0 radical (unpaired) electrons. The lowest BCUT2D eigenvalue weighted by atomic mass is 9.97. The molecule has 0 atom stereocenters. The standard InChI is InChI=1S/C24H23F3N2O2/c1-15-3-5-17(6-4-15)20-21(28-13-11-16(2)12-14-28)23(31)29(22(20)30)19-9-7-18(8-10-19)24(25,26)27/h3-10,16H,11-14H2,1-2H3. The summed E-state index contributed by atoms with van der Waals surface area (Å²) in [6, 6.07) is 11.5. The first-order chi connectivity index (χ1) is 14.7. The van der Waals surface area contributed by atoms with Crippen molar-refractivity contribution in [3.05, 3.63) is 70.9 Å². The Morgan fingerprint density at radius 2 is 1.45 bits per heavy atom. The van der Waals surface area contributed by atoms with Gasteiger partial charge in [0.15, 0.2) is 0 Å². The van der Waals surface area contributed by atoms with Crippen molar-refractivity contribution in [3.63, 3.8) is 0 Å². The van der Waals surface area contributed by atoms with E-state index in [9.17, 15) is 22.8 Å². The molecule has 0 aromatic heterocycles. The molecule has 4 nitrogen and oxygen atoms in total. The molecule has 162 valence electrons. The molecule has 7 heteroatoms. The first-order valence-electron chi connectivity index (χ1n) is 10.3. The Hall–Kier alpha value is -3.09. The van der Waals surface area contributed by atoms with Crippen LogP contribution in [0.3, 0.4) is 0 Å². The van der Waals surface area contributed by atoms with Crippen molar-refractivity contribution in [2.24, 2.45) is 5.92 Å². The average Bonchev–Trinajstić information content (AvgIpc) is 2.99. The van der Waals surface area contributed by atoms with Crippen LogP contribution in [0.1, 0.15) is 36.5 Å². The quantitative estimate of drug-likeness (QED) is 0.644. The normalized spacial score (nSPS) is 18.4. The van der Waals surface area contributed by atoms with E-state index in [2.05, 4.69) is 6.92 Å². The number of amides is 2. The summed E-state index contributed by atoms with van der Waals surface area (Å²) >= 11 is 0. The Labute approximate surface area is 179 Å². The van der Waals surface area contributed by atoms with E-state index in [1.807, 2.05) is 24.0 Å². The van der Waals surface area contributed by atoms with Crippen LogP contribution in [-0.2, 0) is 15.8 Å². The number of benzene rings is 2. The minimum absolute atomic E-state index is 0.132. The molecule has 2 aromatic carbocycles. The summed E-state index contributed by atoms with van der Waals surface area (Å²) in [5.41, 5.74) is 1.60. The second-order valence-electron chi connectivity index (χ2n) is 8.25. The van der Waals surface area contributed by atoms with Crippen LogP contribution < -0.4 is 4.90 Å². The molecule has 0 saturated carbocycles. The number of carbonyl (C=O) groups is 2. The van der Waals surface area contributed by atoms with Gasteiger partial charge in [-0.05, 0) is 55.5 Å². The number of alkyl halides is 3. The molecule has 0 N–H and O–H groups in total. The van der Waals surface area contributed by atoms with Crippen LogP contribution in [0.4, 0.5) is 18.9 Å². The Morgan fingerprint density at radius 1 is 0.871 bits per heavy atom. The van der Waals surface area contributed by atoms with Gasteiger partial charge in [0.25, 0.3) is 11.8 Å². The Balaban J connectivity index is 1.76. The number of rotatable bonds is 3. The number of halogens is 3. The Morgan fingerprint density at radius 3 is 2.00 bits per heavy atom. The van der Waals surface area contributed by atoms with Crippen LogP contribution >= 0.6 is 0 Å². The number of anilines is 1. The lowest BCUT2D eigenvalue weighted by Gasteiger charge is -2.32. The molecule has 1 saturated heterocycles. The second-order valence-corrected chi connectivity index (χ2v) is 8.25. The number of piperidine rings is 1. The minimum Gasteiger partial charge on any atom is -0.366 e. The lowest BCUT2D eigenvalue weighted by molar-refractivity contribution is -0.137. The fraction of sp³-hybridized carbons (Fsp3) is 0.333.